The Morgan fingerprint density at radius 3 is 2.78 bits per heavy atom. The highest BCUT2D eigenvalue weighted by Crippen LogP contribution is 2.42. The van der Waals surface area contributed by atoms with Crippen LogP contribution in [0.3, 0.4) is 0 Å². The molecule has 0 radical (unpaired) electrons. The molecule has 1 aliphatic carbocycles. The highest BCUT2D eigenvalue weighted by Gasteiger charge is 2.29. The molecule has 0 unspecified atom stereocenters. The second kappa shape index (κ2) is 4.88. The van der Waals surface area contributed by atoms with Crippen molar-refractivity contribution < 1.29 is 9.53 Å². The lowest BCUT2D eigenvalue weighted by Gasteiger charge is -2.24. The van der Waals surface area contributed by atoms with Crippen LogP contribution in [-0.4, -0.2) is 28.6 Å². The van der Waals surface area contributed by atoms with Gasteiger partial charge in [0.25, 0.3) is 0 Å². The number of thiazole rings is 1. The Balaban J connectivity index is 1.96. The third kappa shape index (κ3) is 3.45. The van der Waals surface area contributed by atoms with Crippen molar-refractivity contribution in [2.75, 3.05) is 7.05 Å². The molecule has 0 bridgehead atoms. The van der Waals surface area contributed by atoms with E-state index < -0.39 is 5.60 Å². The van der Waals surface area contributed by atoms with Crippen LogP contribution >= 0.6 is 11.3 Å². The van der Waals surface area contributed by atoms with Crippen LogP contribution in [-0.2, 0) is 11.3 Å². The fraction of sp³-hybridized carbons (Fsp3) is 0.692. The zero-order chi connectivity index (χ0) is 13.3. The van der Waals surface area contributed by atoms with Gasteiger partial charge >= 0.3 is 6.09 Å². The molecule has 1 aromatic rings. The number of rotatable bonds is 3. The summed E-state index contributed by atoms with van der Waals surface area (Å²) in [5.41, 5.74) is 2.60. The highest BCUT2D eigenvalue weighted by molar-refractivity contribution is 7.09. The molecule has 0 aliphatic heterocycles. The first-order chi connectivity index (χ1) is 8.37. The van der Waals surface area contributed by atoms with E-state index in [2.05, 4.69) is 4.98 Å². The van der Waals surface area contributed by atoms with Gasteiger partial charge in [0.05, 0.1) is 17.7 Å². The van der Waals surface area contributed by atoms with Gasteiger partial charge < -0.3 is 9.64 Å². The molecule has 1 aliphatic rings. The first kappa shape index (κ1) is 13.3. The summed E-state index contributed by atoms with van der Waals surface area (Å²) in [4.78, 5) is 19.1. The average Bonchev–Trinajstić information content (AvgIpc) is 2.97. The van der Waals surface area contributed by atoms with E-state index >= 15 is 0 Å². The third-order valence-electron chi connectivity index (χ3n) is 2.72. The minimum atomic E-state index is -0.446. The molecule has 1 amide bonds. The van der Waals surface area contributed by atoms with E-state index in [1.54, 1.807) is 23.3 Å². The minimum Gasteiger partial charge on any atom is -0.444 e. The average molecular weight is 268 g/mol. The molecule has 0 spiro atoms. The SMILES string of the molecule is CN(Cc1scnc1C1CC1)C(=O)OC(C)(C)C. The molecule has 0 atom stereocenters. The summed E-state index contributed by atoms with van der Waals surface area (Å²) in [5, 5.41) is 0. The van der Waals surface area contributed by atoms with Gasteiger partial charge in [-0.3, -0.25) is 0 Å². The second-order valence-corrected chi connectivity index (χ2v) is 6.71. The molecule has 100 valence electrons. The van der Waals surface area contributed by atoms with Gasteiger partial charge in [0.15, 0.2) is 0 Å². The lowest BCUT2D eigenvalue weighted by Crippen LogP contribution is -2.33. The summed E-state index contributed by atoms with van der Waals surface area (Å²) in [5.74, 6) is 0.623. The van der Waals surface area contributed by atoms with Crippen LogP contribution < -0.4 is 0 Å². The topological polar surface area (TPSA) is 42.4 Å². The van der Waals surface area contributed by atoms with E-state index in [-0.39, 0.29) is 6.09 Å². The van der Waals surface area contributed by atoms with E-state index in [0.717, 1.165) is 0 Å². The van der Waals surface area contributed by atoms with Crippen LogP contribution in [0, 0.1) is 0 Å². The van der Waals surface area contributed by atoms with Crippen LogP contribution in [0.25, 0.3) is 0 Å². The van der Waals surface area contributed by atoms with Crippen molar-refractivity contribution >= 4 is 17.4 Å². The van der Waals surface area contributed by atoms with E-state index in [1.807, 2.05) is 26.3 Å². The molecule has 1 fully saturated rings. The van der Waals surface area contributed by atoms with E-state index in [1.165, 1.54) is 23.4 Å². The van der Waals surface area contributed by atoms with Crippen molar-refractivity contribution in [2.24, 2.45) is 0 Å². The van der Waals surface area contributed by atoms with Gasteiger partial charge in [-0.15, -0.1) is 11.3 Å². The van der Waals surface area contributed by atoms with Gasteiger partial charge in [0, 0.05) is 17.8 Å². The van der Waals surface area contributed by atoms with Crippen molar-refractivity contribution in [3.05, 3.63) is 16.1 Å². The molecular formula is C13H20N2O2S. The Morgan fingerprint density at radius 1 is 1.56 bits per heavy atom. The Kier molecular flexibility index (Phi) is 3.61. The van der Waals surface area contributed by atoms with Crippen LogP contribution in [0.2, 0.25) is 0 Å². The number of hydrogen-bond acceptors (Lipinski definition) is 4. The van der Waals surface area contributed by atoms with Crippen LogP contribution in [0.15, 0.2) is 5.51 Å². The molecule has 4 nitrogen and oxygen atoms in total. The molecule has 0 saturated heterocycles. The Bertz CT molecular complexity index is 432. The maximum atomic E-state index is 11.9. The summed E-state index contributed by atoms with van der Waals surface area (Å²) in [7, 11) is 1.77. The Labute approximate surface area is 112 Å². The first-order valence-electron chi connectivity index (χ1n) is 6.23. The summed E-state index contributed by atoms with van der Waals surface area (Å²) < 4.78 is 5.34. The standard InChI is InChI=1S/C13H20N2O2S/c1-13(2,3)17-12(16)15(4)7-10-11(9-5-6-9)14-8-18-10/h8-9H,5-7H2,1-4H3. The summed E-state index contributed by atoms with van der Waals surface area (Å²) in [6.45, 7) is 6.22. The zero-order valence-electron chi connectivity index (χ0n) is 11.4. The molecule has 0 N–H and O–H groups in total. The van der Waals surface area contributed by atoms with Gasteiger partial charge in [-0.25, -0.2) is 9.78 Å². The monoisotopic (exact) mass is 268 g/mol. The lowest BCUT2D eigenvalue weighted by molar-refractivity contribution is 0.0286. The smallest absolute Gasteiger partial charge is 0.410 e. The third-order valence-corrected chi connectivity index (χ3v) is 3.56. The van der Waals surface area contributed by atoms with Crippen molar-refractivity contribution in [2.45, 2.75) is 51.7 Å². The molecule has 0 aromatic carbocycles. The summed E-state index contributed by atoms with van der Waals surface area (Å²) in [6.07, 6.45) is 2.18. The van der Waals surface area contributed by atoms with Gasteiger partial charge in [-0.05, 0) is 33.6 Å². The van der Waals surface area contributed by atoms with Gasteiger partial charge in [0.2, 0.25) is 0 Å². The molecule has 1 saturated carbocycles. The summed E-state index contributed by atoms with van der Waals surface area (Å²) >= 11 is 1.62. The maximum Gasteiger partial charge on any atom is 0.410 e. The van der Waals surface area contributed by atoms with Crippen molar-refractivity contribution in [3.8, 4) is 0 Å². The second-order valence-electron chi connectivity index (χ2n) is 5.77. The predicted octanol–water partition coefficient (Wildman–Crippen LogP) is 3.39. The van der Waals surface area contributed by atoms with Crippen LogP contribution in [0.1, 0.15) is 50.1 Å². The number of amides is 1. The van der Waals surface area contributed by atoms with E-state index in [4.69, 9.17) is 4.74 Å². The van der Waals surface area contributed by atoms with Gasteiger partial charge in [-0.2, -0.15) is 0 Å². The fourth-order valence-corrected chi connectivity index (χ4v) is 2.61. The molecular weight excluding hydrogens is 248 g/mol. The van der Waals surface area contributed by atoms with Crippen LogP contribution in [0.4, 0.5) is 4.79 Å². The summed E-state index contributed by atoms with van der Waals surface area (Å²) in [6, 6.07) is 0. The lowest BCUT2D eigenvalue weighted by atomic mass is 10.2. The first-order valence-corrected chi connectivity index (χ1v) is 7.11. The number of carbonyl (C=O) groups excluding carboxylic acids is 1. The van der Waals surface area contributed by atoms with E-state index in [0.29, 0.717) is 12.5 Å². The van der Waals surface area contributed by atoms with Crippen LogP contribution in [0.5, 0.6) is 0 Å². The van der Waals surface area contributed by atoms with Crippen molar-refractivity contribution in [3.63, 3.8) is 0 Å². The predicted molar refractivity (Wildman–Crippen MR) is 71.8 cm³/mol. The number of aromatic nitrogens is 1. The molecule has 5 heteroatoms. The number of hydrogen-bond donors (Lipinski definition) is 0. The molecule has 1 heterocycles. The molecule has 2 rings (SSSR count). The van der Waals surface area contributed by atoms with Gasteiger partial charge in [0.1, 0.15) is 5.60 Å². The van der Waals surface area contributed by atoms with Gasteiger partial charge in [-0.1, -0.05) is 0 Å². The molecule has 18 heavy (non-hydrogen) atoms. The minimum absolute atomic E-state index is 0.280. The number of carbonyl (C=O) groups is 1. The quantitative estimate of drug-likeness (QED) is 0.844. The number of nitrogens with zero attached hydrogens (tertiary/aromatic N) is 2. The molecule has 1 aromatic heterocycles. The largest absolute Gasteiger partial charge is 0.444 e. The Morgan fingerprint density at radius 2 is 2.22 bits per heavy atom. The highest BCUT2D eigenvalue weighted by atomic mass is 32.1. The fourth-order valence-electron chi connectivity index (χ4n) is 1.71. The zero-order valence-corrected chi connectivity index (χ0v) is 12.2. The van der Waals surface area contributed by atoms with Crippen molar-refractivity contribution in [1.82, 2.24) is 9.88 Å². The van der Waals surface area contributed by atoms with E-state index in [9.17, 15) is 4.79 Å². The Hall–Kier alpha value is -1.10. The maximum absolute atomic E-state index is 11.9. The normalized spacial score (nSPS) is 15.6. The number of ether oxygens (including phenoxy) is 1. The van der Waals surface area contributed by atoms with Crippen molar-refractivity contribution in [1.29, 1.82) is 0 Å².